The number of hydrogen-bond acceptors (Lipinski definition) is 5. The lowest BCUT2D eigenvalue weighted by Gasteiger charge is -2.31. The highest BCUT2D eigenvalue weighted by molar-refractivity contribution is 5.82. The number of hydrogen-bond donors (Lipinski definition) is 2. The molecule has 1 aliphatic heterocycles. The summed E-state index contributed by atoms with van der Waals surface area (Å²) in [6.45, 7) is 2.53. The molecule has 0 aromatic carbocycles. The second-order valence-corrected chi connectivity index (χ2v) is 4.26. The molecule has 92 valence electrons. The Labute approximate surface area is 100 Å². The van der Waals surface area contributed by atoms with Gasteiger partial charge in [-0.15, -0.1) is 0 Å². The predicted octanol–water partition coefficient (Wildman–Crippen LogP) is 0.435. The first-order valence-corrected chi connectivity index (χ1v) is 5.75. The van der Waals surface area contributed by atoms with Crippen LogP contribution < -0.4 is 5.73 Å². The van der Waals surface area contributed by atoms with Gasteiger partial charge < -0.3 is 10.9 Å². The second-order valence-electron chi connectivity index (χ2n) is 4.26. The largest absolute Gasteiger partial charge is 0.409 e. The Balaban J connectivity index is 1.94. The Morgan fingerprint density at radius 3 is 3.00 bits per heavy atom. The Kier molecular flexibility index (Phi) is 3.87. The van der Waals surface area contributed by atoms with Gasteiger partial charge in [0, 0.05) is 24.9 Å². The second kappa shape index (κ2) is 5.58. The van der Waals surface area contributed by atoms with Gasteiger partial charge in [-0.1, -0.05) is 5.16 Å². The number of aromatic nitrogens is 2. The van der Waals surface area contributed by atoms with Crippen molar-refractivity contribution in [3.63, 3.8) is 0 Å². The summed E-state index contributed by atoms with van der Waals surface area (Å²) in [5.41, 5.74) is 5.65. The zero-order valence-electron chi connectivity index (χ0n) is 9.66. The first kappa shape index (κ1) is 11.8. The molecule has 1 atom stereocenters. The Morgan fingerprint density at radius 1 is 1.53 bits per heavy atom. The Morgan fingerprint density at radius 2 is 2.29 bits per heavy atom. The van der Waals surface area contributed by atoms with Crippen molar-refractivity contribution in [2.24, 2.45) is 16.8 Å². The third kappa shape index (κ3) is 3.13. The molecule has 6 nitrogen and oxygen atoms in total. The molecular weight excluding hydrogens is 218 g/mol. The molecule has 1 fully saturated rings. The van der Waals surface area contributed by atoms with E-state index in [4.69, 9.17) is 10.9 Å². The lowest BCUT2D eigenvalue weighted by Crippen LogP contribution is -2.41. The average Bonchev–Trinajstić information content (AvgIpc) is 2.39. The summed E-state index contributed by atoms with van der Waals surface area (Å²) < 4.78 is 0. The van der Waals surface area contributed by atoms with Crippen LogP contribution in [0.25, 0.3) is 0 Å². The van der Waals surface area contributed by atoms with E-state index in [-0.39, 0.29) is 5.92 Å². The maximum absolute atomic E-state index is 8.68. The maximum atomic E-state index is 8.68. The number of amidine groups is 1. The van der Waals surface area contributed by atoms with Crippen molar-refractivity contribution in [2.45, 2.75) is 19.4 Å². The van der Waals surface area contributed by atoms with Crippen molar-refractivity contribution < 1.29 is 5.21 Å². The van der Waals surface area contributed by atoms with Gasteiger partial charge in [0.2, 0.25) is 0 Å². The van der Waals surface area contributed by atoms with Crippen molar-refractivity contribution in [1.29, 1.82) is 0 Å². The summed E-state index contributed by atoms with van der Waals surface area (Å²) >= 11 is 0. The third-order valence-corrected chi connectivity index (χ3v) is 3.02. The monoisotopic (exact) mass is 235 g/mol. The molecule has 17 heavy (non-hydrogen) atoms. The third-order valence-electron chi connectivity index (χ3n) is 3.02. The zero-order chi connectivity index (χ0) is 12.1. The molecule has 1 aromatic rings. The molecule has 0 aliphatic carbocycles. The van der Waals surface area contributed by atoms with Crippen LogP contribution in [-0.2, 0) is 6.54 Å². The van der Waals surface area contributed by atoms with Gasteiger partial charge in [0.05, 0.1) is 6.54 Å². The van der Waals surface area contributed by atoms with Crippen LogP contribution in [-0.4, -0.2) is 39.0 Å². The fourth-order valence-electron chi connectivity index (χ4n) is 2.13. The van der Waals surface area contributed by atoms with Gasteiger partial charge in [-0.2, -0.15) is 0 Å². The summed E-state index contributed by atoms with van der Waals surface area (Å²) in [4.78, 5) is 10.6. The van der Waals surface area contributed by atoms with Crippen LogP contribution >= 0.6 is 0 Å². The number of nitrogens with zero attached hydrogens (tertiary/aromatic N) is 4. The zero-order valence-corrected chi connectivity index (χ0v) is 9.66. The van der Waals surface area contributed by atoms with E-state index in [2.05, 4.69) is 20.0 Å². The van der Waals surface area contributed by atoms with Crippen molar-refractivity contribution in [1.82, 2.24) is 14.9 Å². The lowest BCUT2D eigenvalue weighted by atomic mass is 9.97. The Bertz CT molecular complexity index is 381. The van der Waals surface area contributed by atoms with Crippen LogP contribution in [0.4, 0.5) is 0 Å². The number of likely N-dealkylation sites (tertiary alicyclic amines) is 1. The van der Waals surface area contributed by atoms with Crippen LogP contribution in [0.1, 0.15) is 18.7 Å². The van der Waals surface area contributed by atoms with E-state index in [1.165, 1.54) is 0 Å². The molecular formula is C11H17N5O. The molecule has 1 aliphatic rings. The molecule has 3 N–H and O–H groups in total. The fraction of sp³-hybridized carbons (Fsp3) is 0.545. The highest BCUT2D eigenvalue weighted by Crippen LogP contribution is 2.17. The van der Waals surface area contributed by atoms with Gasteiger partial charge in [-0.25, -0.2) is 9.97 Å². The van der Waals surface area contributed by atoms with Crippen molar-refractivity contribution >= 4 is 5.84 Å². The molecule has 6 heteroatoms. The molecule has 0 spiro atoms. The highest BCUT2D eigenvalue weighted by atomic mass is 16.4. The van der Waals surface area contributed by atoms with Gasteiger partial charge in [0.1, 0.15) is 11.7 Å². The van der Waals surface area contributed by atoms with E-state index >= 15 is 0 Å². The number of oxime groups is 1. The Hall–Kier alpha value is -1.69. The topological polar surface area (TPSA) is 87.6 Å². The molecule has 0 radical (unpaired) electrons. The van der Waals surface area contributed by atoms with Crippen molar-refractivity contribution in [3.8, 4) is 0 Å². The number of nitrogens with two attached hydrogens (primary N) is 1. The first-order chi connectivity index (χ1) is 8.29. The lowest BCUT2D eigenvalue weighted by molar-refractivity contribution is 0.188. The average molecular weight is 235 g/mol. The molecule has 0 bridgehead atoms. The van der Waals surface area contributed by atoms with Crippen molar-refractivity contribution in [2.75, 3.05) is 13.1 Å². The highest BCUT2D eigenvalue weighted by Gasteiger charge is 2.23. The quantitative estimate of drug-likeness (QED) is 0.343. The molecule has 1 unspecified atom stereocenters. The van der Waals surface area contributed by atoms with Gasteiger partial charge >= 0.3 is 0 Å². The van der Waals surface area contributed by atoms with Crippen LogP contribution in [0, 0.1) is 5.92 Å². The smallest absolute Gasteiger partial charge is 0.143 e. The molecule has 0 amide bonds. The van der Waals surface area contributed by atoms with Crippen LogP contribution in [0.3, 0.4) is 0 Å². The fourth-order valence-corrected chi connectivity index (χ4v) is 2.13. The minimum atomic E-state index is 0.137. The summed E-state index contributed by atoms with van der Waals surface area (Å²) in [7, 11) is 0. The molecule has 2 rings (SSSR count). The molecule has 0 saturated carbocycles. The van der Waals surface area contributed by atoms with Gasteiger partial charge in [0.25, 0.3) is 0 Å². The van der Waals surface area contributed by atoms with Gasteiger partial charge in [0.15, 0.2) is 0 Å². The SMILES string of the molecule is NC(=NO)C1CCCN(Cc2ncccn2)C1. The standard InChI is InChI=1S/C11H17N5O/c12-11(15-17)9-3-1-6-16(7-9)8-10-13-4-2-5-14-10/h2,4-5,9,17H,1,3,6-8H2,(H2,12,15). The van der Waals surface area contributed by atoms with E-state index in [1.807, 2.05) is 0 Å². The normalized spacial score (nSPS) is 22.6. The summed E-state index contributed by atoms with van der Waals surface area (Å²) in [6.07, 6.45) is 5.51. The summed E-state index contributed by atoms with van der Waals surface area (Å²) in [6, 6.07) is 1.80. The van der Waals surface area contributed by atoms with E-state index < -0.39 is 0 Å². The van der Waals surface area contributed by atoms with Crippen LogP contribution in [0.15, 0.2) is 23.6 Å². The van der Waals surface area contributed by atoms with E-state index in [1.54, 1.807) is 18.5 Å². The molecule has 1 saturated heterocycles. The summed E-state index contributed by atoms with van der Waals surface area (Å²) in [5.74, 6) is 1.27. The minimum Gasteiger partial charge on any atom is -0.409 e. The van der Waals surface area contributed by atoms with Crippen LogP contribution in [0.5, 0.6) is 0 Å². The van der Waals surface area contributed by atoms with Gasteiger partial charge in [-0.3, -0.25) is 4.90 Å². The number of piperidine rings is 1. The first-order valence-electron chi connectivity index (χ1n) is 5.75. The number of rotatable bonds is 3. The maximum Gasteiger partial charge on any atom is 0.143 e. The van der Waals surface area contributed by atoms with Crippen LogP contribution in [0.2, 0.25) is 0 Å². The van der Waals surface area contributed by atoms with E-state index in [0.717, 1.165) is 38.3 Å². The summed E-state index contributed by atoms with van der Waals surface area (Å²) in [5, 5.41) is 11.8. The van der Waals surface area contributed by atoms with Crippen molar-refractivity contribution in [3.05, 3.63) is 24.3 Å². The molecule has 2 heterocycles. The van der Waals surface area contributed by atoms with Gasteiger partial charge in [-0.05, 0) is 25.5 Å². The molecule has 1 aromatic heterocycles. The minimum absolute atomic E-state index is 0.137. The van der Waals surface area contributed by atoms with E-state index in [9.17, 15) is 0 Å². The van der Waals surface area contributed by atoms with E-state index in [0.29, 0.717) is 5.84 Å². The predicted molar refractivity (Wildman–Crippen MR) is 63.4 cm³/mol.